The zero-order valence-corrected chi connectivity index (χ0v) is 14.0. The molecule has 1 aliphatic rings. The van der Waals surface area contributed by atoms with E-state index >= 15 is 0 Å². The second-order valence-corrected chi connectivity index (χ2v) is 5.97. The first-order chi connectivity index (χ1) is 12.3. The summed E-state index contributed by atoms with van der Waals surface area (Å²) in [5, 5.41) is 0. The Hall–Kier alpha value is -3.27. The van der Waals surface area contributed by atoms with E-state index in [2.05, 4.69) is 27.1 Å². The van der Waals surface area contributed by atoms with Crippen molar-refractivity contribution in [2.75, 3.05) is 0 Å². The molecule has 3 heterocycles. The third kappa shape index (κ3) is 3.48. The molecule has 0 atom stereocenters. The van der Waals surface area contributed by atoms with Crippen LogP contribution in [0.4, 0.5) is 0 Å². The second-order valence-electron chi connectivity index (χ2n) is 5.97. The average Bonchev–Trinajstić information content (AvgIpc) is 3.36. The van der Waals surface area contributed by atoms with Gasteiger partial charge in [0.15, 0.2) is 0 Å². The van der Waals surface area contributed by atoms with Gasteiger partial charge in [-0.3, -0.25) is 4.99 Å². The van der Waals surface area contributed by atoms with E-state index in [-0.39, 0.29) is 0 Å². The number of allylic oxidation sites excluding steroid dienone is 2. The fraction of sp³-hybridized carbons (Fsp3) is 0.0952. The smallest absolute Gasteiger partial charge is 0.145 e. The monoisotopic (exact) mass is 329 g/mol. The lowest BCUT2D eigenvalue weighted by Crippen LogP contribution is -1.95. The molecule has 0 aliphatic carbocycles. The van der Waals surface area contributed by atoms with Crippen molar-refractivity contribution in [1.29, 1.82) is 0 Å². The zero-order chi connectivity index (χ0) is 17.1. The van der Waals surface area contributed by atoms with E-state index in [1.165, 1.54) is 0 Å². The highest BCUT2D eigenvalue weighted by molar-refractivity contribution is 5.97. The quantitative estimate of drug-likeness (QED) is 0.683. The Kier molecular flexibility index (Phi) is 4.09. The summed E-state index contributed by atoms with van der Waals surface area (Å²) in [6.45, 7) is 2.51. The van der Waals surface area contributed by atoms with E-state index in [9.17, 15) is 0 Å². The predicted octanol–water partition coefficient (Wildman–Crippen LogP) is 4.96. The molecule has 0 saturated heterocycles. The molecule has 0 saturated carbocycles. The molecule has 25 heavy (non-hydrogen) atoms. The molecule has 4 heteroatoms. The normalized spacial score (nSPS) is 14.9. The van der Waals surface area contributed by atoms with Gasteiger partial charge in [0.05, 0.1) is 22.8 Å². The summed E-state index contributed by atoms with van der Waals surface area (Å²) in [6.07, 6.45) is 7.93. The maximum Gasteiger partial charge on any atom is 0.145 e. The maximum atomic E-state index is 6.08. The molecule has 2 N–H and O–H groups in total. The van der Waals surface area contributed by atoms with Crippen molar-refractivity contribution >= 4 is 11.8 Å². The summed E-state index contributed by atoms with van der Waals surface area (Å²) in [4.78, 5) is 11.1. The number of ether oxygens (including phenoxy) is 1. The van der Waals surface area contributed by atoms with Gasteiger partial charge in [-0.15, -0.1) is 0 Å². The Morgan fingerprint density at radius 2 is 1.92 bits per heavy atom. The van der Waals surface area contributed by atoms with E-state index in [1.807, 2.05) is 67.7 Å². The summed E-state index contributed by atoms with van der Waals surface area (Å²) >= 11 is 0. The number of aromatic nitrogens is 2. The van der Waals surface area contributed by atoms with Crippen LogP contribution in [0.2, 0.25) is 0 Å². The van der Waals surface area contributed by atoms with Crippen LogP contribution in [0.25, 0.3) is 17.5 Å². The summed E-state index contributed by atoms with van der Waals surface area (Å²) in [6, 6.07) is 16.2. The summed E-state index contributed by atoms with van der Waals surface area (Å²) in [5.41, 5.74) is 5.99. The molecule has 1 aliphatic heterocycles. The van der Waals surface area contributed by atoms with Crippen LogP contribution in [0, 0.1) is 0 Å². The number of nitrogens with zero attached hydrogens (tertiary/aromatic N) is 1. The average molecular weight is 329 g/mol. The fourth-order valence-corrected chi connectivity index (χ4v) is 2.77. The van der Waals surface area contributed by atoms with Crippen molar-refractivity contribution in [3.05, 3.63) is 83.8 Å². The Bertz CT molecular complexity index is 944. The molecule has 124 valence electrons. The largest absolute Gasteiger partial charge is 0.487 e. The molecule has 0 amide bonds. The van der Waals surface area contributed by atoms with Crippen LogP contribution in [0.5, 0.6) is 5.75 Å². The van der Waals surface area contributed by atoms with Gasteiger partial charge in [-0.1, -0.05) is 30.3 Å². The highest BCUT2D eigenvalue weighted by Crippen LogP contribution is 2.29. The lowest BCUT2D eigenvalue weighted by molar-refractivity contribution is 0.306. The fourth-order valence-electron chi connectivity index (χ4n) is 2.77. The minimum absolute atomic E-state index is 0.525. The van der Waals surface area contributed by atoms with Crippen LogP contribution >= 0.6 is 0 Å². The van der Waals surface area contributed by atoms with Crippen molar-refractivity contribution < 1.29 is 4.74 Å². The van der Waals surface area contributed by atoms with Crippen LogP contribution in [0.3, 0.4) is 0 Å². The Labute approximate surface area is 146 Å². The molecule has 4 rings (SSSR count). The molecule has 3 aromatic rings. The lowest BCUT2D eigenvalue weighted by atomic mass is 10.2. The minimum Gasteiger partial charge on any atom is -0.487 e. The SMILES string of the molecule is CC1=N/C(=C\c2[nH]c(-c3ccc[nH]3)cc2OCc2ccccc2)C=C1. The standard InChI is InChI=1S/C21H19N3O/c1-15-9-10-17(23-15)12-20-21(25-14-16-6-3-2-4-7-16)13-19(24-20)18-8-5-11-22-18/h2-13,22,24H,14H2,1H3/b17-12-. The van der Waals surface area contributed by atoms with E-state index in [4.69, 9.17) is 4.74 Å². The Balaban J connectivity index is 1.65. The number of aliphatic imine (C=N–C) groups is 1. The topological polar surface area (TPSA) is 53.2 Å². The van der Waals surface area contributed by atoms with Gasteiger partial charge in [0.25, 0.3) is 0 Å². The van der Waals surface area contributed by atoms with E-state index in [0.29, 0.717) is 6.61 Å². The second kappa shape index (κ2) is 6.69. The van der Waals surface area contributed by atoms with Crippen LogP contribution in [-0.2, 0) is 6.61 Å². The number of benzene rings is 1. The molecule has 0 spiro atoms. The summed E-state index contributed by atoms with van der Waals surface area (Å²) < 4.78 is 6.08. The first-order valence-corrected chi connectivity index (χ1v) is 8.26. The molecule has 0 radical (unpaired) electrons. The van der Waals surface area contributed by atoms with Gasteiger partial charge in [-0.05, 0) is 42.8 Å². The van der Waals surface area contributed by atoms with E-state index < -0.39 is 0 Å². The minimum atomic E-state index is 0.525. The Morgan fingerprint density at radius 1 is 1.04 bits per heavy atom. The summed E-state index contributed by atoms with van der Waals surface area (Å²) in [5.74, 6) is 0.814. The van der Waals surface area contributed by atoms with Gasteiger partial charge in [0.1, 0.15) is 12.4 Å². The van der Waals surface area contributed by atoms with Gasteiger partial charge in [-0.2, -0.15) is 0 Å². The first-order valence-electron chi connectivity index (χ1n) is 8.26. The van der Waals surface area contributed by atoms with Crippen molar-refractivity contribution in [3.8, 4) is 17.1 Å². The first kappa shape index (κ1) is 15.3. The lowest BCUT2D eigenvalue weighted by Gasteiger charge is -2.05. The summed E-state index contributed by atoms with van der Waals surface area (Å²) in [7, 11) is 0. The van der Waals surface area contributed by atoms with E-state index in [1.54, 1.807) is 0 Å². The zero-order valence-electron chi connectivity index (χ0n) is 14.0. The van der Waals surface area contributed by atoms with E-state index in [0.717, 1.165) is 39.8 Å². The van der Waals surface area contributed by atoms with Crippen molar-refractivity contribution in [2.24, 2.45) is 4.99 Å². The van der Waals surface area contributed by atoms with Crippen LogP contribution in [-0.4, -0.2) is 15.7 Å². The maximum absolute atomic E-state index is 6.08. The van der Waals surface area contributed by atoms with Crippen LogP contribution < -0.4 is 4.74 Å². The molecule has 4 nitrogen and oxygen atoms in total. The van der Waals surface area contributed by atoms with Crippen molar-refractivity contribution in [3.63, 3.8) is 0 Å². The van der Waals surface area contributed by atoms with Crippen molar-refractivity contribution in [1.82, 2.24) is 9.97 Å². The Morgan fingerprint density at radius 3 is 2.64 bits per heavy atom. The molecular weight excluding hydrogens is 310 g/mol. The highest BCUT2D eigenvalue weighted by Gasteiger charge is 2.12. The molecule has 0 bridgehead atoms. The predicted molar refractivity (Wildman–Crippen MR) is 102 cm³/mol. The van der Waals surface area contributed by atoms with Crippen LogP contribution in [0.1, 0.15) is 18.2 Å². The number of rotatable bonds is 5. The van der Waals surface area contributed by atoms with Crippen molar-refractivity contribution in [2.45, 2.75) is 13.5 Å². The van der Waals surface area contributed by atoms with Gasteiger partial charge < -0.3 is 14.7 Å². The molecule has 0 unspecified atom stereocenters. The van der Waals surface area contributed by atoms with Gasteiger partial charge in [-0.25, -0.2) is 0 Å². The molecule has 2 aromatic heterocycles. The number of H-pyrrole nitrogens is 2. The number of aromatic amines is 2. The third-order valence-electron chi connectivity index (χ3n) is 4.03. The number of hydrogen-bond acceptors (Lipinski definition) is 2. The van der Waals surface area contributed by atoms with Gasteiger partial charge in [0, 0.05) is 18.0 Å². The molecular formula is C21H19N3O. The number of nitrogens with one attached hydrogen (secondary N) is 2. The molecule has 0 fully saturated rings. The number of hydrogen-bond donors (Lipinski definition) is 2. The molecule has 1 aromatic carbocycles. The van der Waals surface area contributed by atoms with Gasteiger partial charge in [0.2, 0.25) is 0 Å². The van der Waals surface area contributed by atoms with Crippen LogP contribution in [0.15, 0.2) is 77.6 Å². The highest BCUT2D eigenvalue weighted by atomic mass is 16.5. The third-order valence-corrected chi connectivity index (χ3v) is 4.03. The van der Waals surface area contributed by atoms with Gasteiger partial charge >= 0.3 is 0 Å².